The molecule has 0 aliphatic rings. The highest BCUT2D eigenvalue weighted by atomic mass is 35.5. The maximum atomic E-state index is 12.4. The van der Waals surface area contributed by atoms with Crippen LogP contribution in [-0.2, 0) is 0 Å². The van der Waals surface area contributed by atoms with E-state index in [1.165, 1.54) is 10.6 Å². The van der Waals surface area contributed by atoms with Gasteiger partial charge in [-0.2, -0.15) is 0 Å². The predicted molar refractivity (Wildman–Crippen MR) is 104 cm³/mol. The molecule has 0 spiro atoms. The molecule has 9 heteroatoms. The molecule has 0 fully saturated rings. The lowest BCUT2D eigenvalue weighted by Crippen LogP contribution is -2.31. The fraction of sp³-hybridized carbons (Fsp3) is 0.235. The van der Waals surface area contributed by atoms with Crippen LogP contribution in [0.15, 0.2) is 46.0 Å². The molecule has 0 amide bonds. The van der Waals surface area contributed by atoms with E-state index in [2.05, 4.69) is 9.97 Å². The molecule has 26 heavy (non-hydrogen) atoms. The average Bonchev–Trinajstić information content (AvgIpc) is 2.59. The molecule has 3 N–H and O–H groups in total. The van der Waals surface area contributed by atoms with Gasteiger partial charge in [0.15, 0.2) is 0 Å². The number of fused-ring (bicyclic) bond motifs is 1. The topological polar surface area (TPSA) is 103 Å². The molecule has 0 unspecified atom stereocenters. The number of nitrogens with zero attached hydrogens (tertiary/aromatic N) is 2. The van der Waals surface area contributed by atoms with Gasteiger partial charge in [0, 0.05) is 12.1 Å². The van der Waals surface area contributed by atoms with Gasteiger partial charge in [-0.1, -0.05) is 36.7 Å². The van der Waals surface area contributed by atoms with E-state index in [9.17, 15) is 9.59 Å². The van der Waals surface area contributed by atoms with Crippen molar-refractivity contribution in [2.45, 2.75) is 19.4 Å². The van der Waals surface area contributed by atoms with Crippen molar-refractivity contribution in [1.29, 1.82) is 0 Å². The van der Waals surface area contributed by atoms with Crippen LogP contribution in [0.2, 0.25) is 5.15 Å². The number of ether oxygens (including phenoxy) is 1. The summed E-state index contributed by atoms with van der Waals surface area (Å²) in [6.07, 6.45) is 0.712. The Morgan fingerprint density at radius 1 is 1.31 bits per heavy atom. The minimum Gasteiger partial charge on any atom is -0.475 e. The van der Waals surface area contributed by atoms with Crippen molar-refractivity contribution in [3.05, 3.63) is 62.4 Å². The number of nitrogens with two attached hydrogens (primary N) is 1. The number of hydrogen-bond donors (Lipinski definition) is 2. The maximum Gasteiger partial charge on any atom is 0.333 e. The Morgan fingerprint density at radius 2 is 2.00 bits per heavy atom. The summed E-state index contributed by atoms with van der Waals surface area (Å²) in [5.41, 5.74) is 5.61. The standard InChI is InChI=1S/C17H17ClN4O3.ClH/c1-2-10(19)9-25-16-14-12(8-13(18)20-16)22(17(24)21-15(14)23)11-6-4-3-5-7-11;/h3-8,10H,2,9,19H2,1H3,(H,21,23,24);1H/t10-;/m0./s1. The van der Waals surface area contributed by atoms with Crippen LogP contribution < -0.4 is 21.7 Å². The molecule has 0 saturated carbocycles. The Labute approximate surface area is 160 Å². The second kappa shape index (κ2) is 8.35. The van der Waals surface area contributed by atoms with E-state index in [1.807, 2.05) is 13.0 Å². The summed E-state index contributed by atoms with van der Waals surface area (Å²) in [5, 5.41) is 0.262. The number of aromatic amines is 1. The lowest BCUT2D eigenvalue weighted by atomic mass is 10.2. The van der Waals surface area contributed by atoms with Gasteiger partial charge in [0.2, 0.25) is 5.88 Å². The Morgan fingerprint density at radius 3 is 2.65 bits per heavy atom. The normalized spacial score (nSPS) is 11.8. The third-order valence-electron chi connectivity index (χ3n) is 3.80. The zero-order valence-corrected chi connectivity index (χ0v) is 15.5. The molecule has 1 aromatic carbocycles. The molecular formula is C17H18Cl2N4O3. The molecule has 0 saturated heterocycles. The molecule has 1 atom stereocenters. The van der Waals surface area contributed by atoms with Gasteiger partial charge in [-0.05, 0) is 18.6 Å². The highest BCUT2D eigenvalue weighted by Crippen LogP contribution is 2.24. The van der Waals surface area contributed by atoms with Gasteiger partial charge in [-0.3, -0.25) is 14.3 Å². The lowest BCUT2D eigenvalue weighted by molar-refractivity contribution is 0.278. The van der Waals surface area contributed by atoms with Gasteiger partial charge in [0.25, 0.3) is 5.56 Å². The molecule has 3 rings (SSSR count). The molecule has 0 radical (unpaired) electrons. The Hall–Kier alpha value is -2.35. The minimum absolute atomic E-state index is 0. The quantitative estimate of drug-likeness (QED) is 0.643. The second-order valence-electron chi connectivity index (χ2n) is 5.55. The van der Waals surface area contributed by atoms with E-state index in [4.69, 9.17) is 22.1 Å². The summed E-state index contributed by atoms with van der Waals surface area (Å²) in [5.74, 6) is 0.0531. The number of aromatic nitrogens is 3. The summed E-state index contributed by atoms with van der Waals surface area (Å²) < 4.78 is 6.97. The van der Waals surface area contributed by atoms with Gasteiger partial charge in [0.05, 0.1) is 11.2 Å². The first-order valence-corrected chi connectivity index (χ1v) is 8.18. The van der Waals surface area contributed by atoms with Crippen molar-refractivity contribution >= 4 is 34.9 Å². The molecule has 3 aromatic rings. The van der Waals surface area contributed by atoms with Crippen molar-refractivity contribution in [3.63, 3.8) is 0 Å². The van der Waals surface area contributed by atoms with Gasteiger partial charge in [0.1, 0.15) is 17.1 Å². The third kappa shape index (κ3) is 3.90. The zero-order valence-electron chi connectivity index (χ0n) is 13.9. The summed E-state index contributed by atoms with van der Waals surface area (Å²) in [4.78, 5) is 31.1. The molecule has 0 aliphatic heterocycles. The molecule has 0 bridgehead atoms. The number of hydrogen-bond acceptors (Lipinski definition) is 5. The number of benzene rings is 1. The minimum atomic E-state index is -0.587. The van der Waals surface area contributed by atoms with E-state index < -0.39 is 11.2 Å². The van der Waals surface area contributed by atoms with Gasteiger partial charge in [-0.25, -0.2) is 9.78 Å². The van der Waals surface area contributed by atoms with Gasteiger partial charge >= 0.3 is 5.69 Å². The van der Waals surface area contributed by atoms with E-state index in [1.54, 1.807) is 24.3 Å². The fourth-order valence-electron chi connectivity index (χ4n) is 2.44. The SMILES string of the molecule is CC[C@H](N)COc1nc(Cl)cc2c1c(=O)[nH]c(=O)n2-c1ccccc1.Cl. The van der Waals surface area contributed by atoms with E-state index in [0.717, 1.165) is 0 Å². The first kappa shape index (κ1) is 20.0. The number of rotatable bonds is 5. The zero-order chi connectivity index (χ0) is 18.0. The van der Waals surface area contributed by atoms with Crippen molar-refractivity contribution in [1.82, 2.24) is 14.5 Å². The molecule has 138 valence electrons. The third-order valence-corrected chi connectivity index (χ3v) is 3.99. The van der Waals surface area contributed by atoms with Crippen LogP contribution >= 0.6 is 24.0 Å². The van der Waals surface area contributed by atoms with Crippen molar-refractivity contribution in [2.24, 2.45) is 5.73 Å². The smallest absolute Gasteiger partial charge is 0.333 e. The Balaban J connectivity index is 0.00000243. The van der Waals surface area contributed by atoms with Crippen molar-refractivity contribution in [2.75, 3.05) is 6.61 Å². The van der Waals surface area contributed by atoms with E-state index in [0.29, 0.717) is 17.6 Å². The maximum absolute atomic E-state index is 12.4. The van der Waals surface area contributed by atoms with Gasteiger partial charge < -0.3 is 10.5 Å². The van der Waals surface area contributed by atoms with Crippen LogP contribution in [0.4, 0.5) is 0 Å². The number of nitrogens with one attached hydrogen (secondary N) is 1. The summed E-state index contributed by atoms with van der Waals surface area (Å²) in [6, 6.07) is 10.2. The summed E-state index contributed by atoms with van der Waals surface area (Å²) in [6.45, 7) is 2.11. The number of para-hydroxylation sites is 1. The van der Waals surface area contributed by atoms with Crippen molar-refractivity contribution in [3.8, 4) is 11.6 Å². The average molecular weight is 397 g/mol. The van der Waals surface area contributed by atoms with E-state index in [-0.39, 0.29) is 41.5 Å². The first-order valence-electron chi connectivity index (χ1n) is 7.80. The van der Waals surface area contributed by atoms with Crippen LogP contribution in [0, 0.1) is 0 Å². The van der Waals surface area contributed by atoms with E-state index >= 15 is 0 Å². The fourth-order valence-corrected chi connectivity index (χ4v) is 2.62. The molecule has 2 aromatic heterocycles. The lowest BCUT2D eigenvalue weighted by Gasteiger charge is -2.14. The van der Waals surface area contributed by atoms with Crippen LogP contribution in [0.25, 0.3) is 16.6 Å². The molecule has 0 aliphatic carbocycles. The highest BCUT2D eigenvalue weighted by molar-refractivity contribution is 6.30. The number of pyridine rings is 1. The number of H-pyrrole nitrogens is 1. The van der Waals surface area contributed by atoms with Crippen molar-refractivity contribution < 1.29 is 4.74 Å². The predicted octanol–water partition coefficient (Wildman–Crippen LogP) is 2.27. The van der Waals surface area contributed by atoms with Crippen LogP contribution in [0.1, 0.15) is 13.3 Å². The molecule has 7 nitrogen and oxygen atoms in total. The summed E-state index contributed by atoms with van der Waals surface area (Å²) in [7, 11) is 0. The molecule has 2 heterocycles. The Kier molecular flexibility index (Phi) is 6.42. The monoisotopic (exact) mass is 396 g/mol. The summed E-state index contributed by atoms with van der Waals surface area (Å²) >= 11 is 6.09. The number of halogens is 2. The second-order valence-corrected chi connectivity index (χ2v) is 5.94. The van der Waals surface area contributed by atoms with Crippen LogP contribution in [0.5, 0.6) is 5.88 Å². The largest absolute Gasteiger partial charge is 0.475 e. The van der Waals surface area contributed by atoms with Crippen LogP contribution in [0.3, 0.4) is 0 Å². The van der Waals surface area contributed by atoms with Gasteiger partial charge in [-0.15, -0.1) is 12.4 Å². The first-order chi connectivity index (χ1) is 12.0. The molecular weight excluding hydrogens is 379 g/mol. The Bertz CT molecular complexity index is 1020. The highest BCUT2D eigenvalue weighted by Gasteiger charge is 2.17. The van der Waals surface area contributed by atoms with Crippen LogP contribution in [-0.4, -0.2) is 27.2 Å².